The van der Waals surface area contributed by atoms with Crippen LogP contribution in [0.25, 0.3) is 31.4 Å². The van der Waals surface area contributed by atoms with E-state index in [0.717, 1.165) is 45.1 Å². The summed E-state index contributed by atoms with van der Waals surface area (Å²) in [5.41, 5.74) is -0.0295. The molecule has 4 aliphatic rings. The lowest BCUT2D eigenvalue weighted by molar-refractivity contribution is -0.258. The summed E-state index contributed by atoms with van der Waals surface area (Å²) < 4.78 is 103. The van der Waals surface area contributed by atoms with Crippen molar-refractivity contribution in [3.63, 3.8) is 0 Å². The summed E-state index contributed by atoms with van der Waals surface area (Å²) in [5, 5.41) is 3.29. The zero-order valence-corrected chi connectivity index (χ0v) is 35.1. The highest BCUT2D eigenvalue weighted by molar-refractivity contribution is 8.14. The van der Waals surface area contributed by atoms with Crippen molar-refractivity contribution in [3.8, 4) is 0 Å². The number of benzene rings is 6. The third kappa shape index (κ3) is 6.15. The molecule has 0 N–H and O–H groups in total. The Labute approximate surface area is 366 Å². The number of fused-ring (bicyclic) bond motifs is 6. The van der Waals surface area contributed by atoms with E-state index in [0.29, 0.717) is 43.2 Å². The minimum Gasteiger partial charge on any atom is -0.457 e. The number of alkyl halides is 6. The van der Waals surface area contributed by atoms with Crippen LogP contribution >= 0.6 is 23.5 Å². The van der Waals surface area contributed by atoms with Gasteiger partial charge in [0.15, 0.2) is 0 Å². The molecule has 12 heteroatoms. The normalized spacial score (nSPS) is 22.7. The lowest BCUT2D eigenvalue weighted by atomic mass is 9.71. The standard InChI is InChI=1S/C51H34F6O4S2/c1-47-39(25-41(62-47)33-21-17-29(18-22-33)27-60-45(58)37-15-7-11-31-9-3-5-13-35(31)37)43-44(50(54,55)51(56,57)49(43,52)53)40-26-42(63-48(40,47)2)34-23-19-30(20-24-34)28-61-46(59)38-16-8-12-32-10-4-6-14-36(32)38/h3-26H,27-28H2,1-2H3. The van der Waals surface area contributed by atoms with Crippen molar-refractivity contribution < 1.29 is 45.4 Å². The van der Waals surface area contributed by atoms with Crippen molar-refractivity contribution in [2.45, 2.75) is 54.3 Å². The molecule has 2 heterocycles. The van der Waals surface area contributed by atoms with E-state index in [4.69, 9.17) is 9.47 Å². The fourth-order valence-corrected chi connectivity index (χ4v) is 12.1. The summed E-state index contributed by atoms with van der Waals surface area (Å²) in [6, 6.07) is 39.2. The van der Waals surface area contributed by atoms with E-state index in [1.165, 1.54) is 12.2 Å². The first kappa shape index (κ1) is 41.1. The van der Waals surface area contributed by atoms with Gasteiger partial charge in [-0.3, -0.25) is 0 Å². The number of thioether (sulfide) groups is 2. The van der Waals surface area contributed by atoms with Crippen LogP contribution in [0.5, 0.6) is 0 Å². The minimum atomic E-state index is -5.68. The average molecular weight is 889 g/mol. The molecule has 0 aromatic heterocycles. The maximum atomic E-state index is 16.0. The molecule has 0 radical (unpaired) electrons. The summed E-state index contributed by atoms with van der Waals surface area (Å²) in [6.45, 7) is 3.16. The van der Waals surface area contributed by atoms with Crippen LogP contribution in [0.2, 0.25) is 0 Å². The first-order valence-electron chi connectivity index (χ1n) is 20.0. The second kappa shape index (κ2) is 14.5. The van der Waals surface area contributed by atoms with Crippen LogP contribution in [0.4, 0.5) is 26.3 Å². The lowest BCUT2D eigenvalue weighted by Crippen LogP contribution is -2.48. The molecule has 0 spiro atoms. The number of allylic oxidation sites excluding steroid dienone is 4. The van der Waals surface area contributed by atoms with Crippen LogP contribution < -0.4 is 0 Å². The highest BCUT2D eigenvalue weighted by Crippen LogP contribution is 2.75. The highest BCUT2D eigenvalue weighted by atomic mass is 32.2. The third-order valence-corrected chi connectivity index (χ3v) is 15.9. The van der Waals surface area contributed by atoms with Crippen molar-refractivity contribution >= 4 is 66.8 Å². The van der Waals surface area contributed by atoms with Crippen molar-refractivity contribution in [1.29, 1.82) is 0 Å². The number of hydrogen-bond donors (Lipinski definition) is 0. The van der Waals surface area contributed by atoms with E-state index in [2.05, 4.69) is 0 Å². The van der Waals surface area contributed by atoms with Gasteiger partial charge >= 0.3 is 29.7 Å². The number of ether oxygens (including phenoxy) is 2. The van der Waals surface area contributed by atoms with Crippen molar-refractivity contribution in [2.24, 2.45) is 0 Å². The first-order chi connectivity index (χ1) is 30.0. The summed E-state index contributed by atoms with van der Waals surface area (Å²) >= 11 is 2.33. The summed E-state index contributed by atoms with van der Waals surface area (Å²) in [4.78, 5) is 27.0. The average Bonchev–Trinajstić information content (AvgIpc) is 3.87. The molecular formula is C51H34F6O4S2. The second-order valence-electron chi connectivity index (χ2n) is 16.2. The smallest absolute Gasteiger partial charge is 0.380 e. The predicted molar refractivity (Wildman–Crippen MR) is 236 cm³/mol. The molecule has 1 saturated carbocycles. The molecule has 2 aliphatic heterocycles. The number of halogens is 6. The maximum absolute atomic E-state index is 16.0. The van der Waals surface area contributed by atoms with E-state index in [-0.39, 0.29) is 24.4 Å². The van der Waals surface area contributed by atoms with Gasteiger partial charge in [-0.15, -0.1) is 23.5 Å². The Morgan fingerprint density at radius 3 is 1.25 bits per heavy atom. The van der Waals surface area contributed by atoms with Gasteiger partial charge in [0.2, 0.25) is 0 Å². The monoisotopic (exact) mass is 888 g/mol. The predicted octanol–water partition coefficient (Wildman–Crippen LogP) is 13.6. The van der Waals surface area contributed by atoms with Crippen molar-refractivity contribution in [1.82, 2.24) is 0 Å². The Morgan fingerprint density at radius 2 is 0.857 bits per heavy atom. The van der Waals surface area contributed by atoms with Gasteiger partial charge in [0.1, 0.15) is 13.2 Å². The summed E-state index contributed by atoms with van der Waals surface area (Å²) in [5.74, 6) is -17.0. The van der Waals surface area contributed by atoms with Crippen LogP contribution in [0.1, 0.15) is 56.8 Å². The number of esters is 2. The molecule has 6 aromatic carbocycles. The number of carbonyl (C=O) groups excluding carboxylic acids is 2. The van der Waals surface area contributed by atoms with Crippen LogP contribution in [0, 0.1) is 0 Å². The molecule has 2 unspecified atom stereocenters. The largest absolute Gasteiger partial charge is 0.457 e. The Morgan fingerprint density at radius 1 is 0.492 bits per heavy atom. The zero-order valence-electron chi connectivity index (χ0n) is 33.5. The minimum absolute atomic E-state index is 0.0606. The molecule has 63 heavy (non-hydrogen) atoms. The van der Waals surface area contributed by atoms with E-state index in [1.807, 2.05) is 60.7 Å². The van der Waals surface area contributed by atoms with E-state index < -0.39 is 50.3 Å². The molecule has 10 rings (SSSR count). The van der Waals surface area contributed by atoms with E-state index in [9.17, 15) is 9.59 Å². The molecule has 2 aliphatic carbocycles. The van der Waals surface area contributed by atoms with E-state index >= 15 is 26.3 Å². The fraction of sp³-hybridized carbons (Fsp3) is 0.176. The van der Waals surface area contributed by atoms with Gasteiger partial charge in [0, 0.05) is 21.0 Å². The van der Waals surface area contributed by atoms with Gasteiger partial charge in [0.05, 0.1) is 20.6 Å². The molecule has 1 fully saturated rings. The van der Waals surface area contributed by atoms with Crippen LogP contribution in [-0.2, 0) is 22.7 Å². The van der Waals surface area contributed by atoms with Crippen molar-refractivity contribution in [2.75, 3.05) is 0 Å². The SMILES string of the molecule is CC12SC(c3ccc(COC(=O)c4cccc5ccccc45)cc3)=CC1=C1C(=C3C=C(c4ccc(COC(=O)c5cccc6ccccc56)cc4)SC32C)C(F)(F)C(F)(F)C1(F)F. The molecular weight excluding hydrogens is 855 g/mol. The summed E-state index contributed by atoms with van der Waals surface area (Å²) in [7, 11) is 0. The number of hydrogen-bond acceptors (Lipinski definition) is 6. The molecule has 4 nitrogen and oxygen atoms in total. The molecule has 316 valence electrons. The number of rotatable bonds is 8. The van der Waals surface area contributed by atoms with Gasteiger partial charge in [-0.1, -0.05) is 121 Å². The maximum Gasteiger partial charge on any atom is 0.380 e. The molecule has 0 amide bonds. The van der Waals surface area contributed by atoms with Gasteiger partial charge in [-0.2, -0.15) is 26.3 Å². The van der Waals surface area contributed by atoms with Crippen LogP contribution in [-0.4, -0.2) is 39.2 Å². The highest BCUT2D eigenvalue weighted by Gasteiger charge is 2.84. The van der Waals surface area contributed by atoms with Gasteiger partial charge in [-0.25, -0.2) is 9.59 Å². The Kier molecular flexibility index (Phi) is 9.47. The first-order valence-corrected chi connectivity index (χ1v) is 21.6. The topological polar surface area (TPSA) is 52.6 Å². The molecule has 0 bridgehead atoms. The molecule has 6 aromatic rings. The molecule has 2 atom stereocenters. The summed E-state index contributed by atoms with van der Waals surface area (Å²) in [6.07, 6.45) is 2.69. The fourth-order valence-electron chi connectivity index (χ4n) is 8.98. The van der Waals surface area contributed by atoms with Gasteiger partial charge in [-0.05, 0) is 93.1 Å². The Bertz CT molecular complexity index is 2850. The number of carbonyl (C=O) groups is 2. The third-order valence-electron chi connectivity index (χ3n) is 12.6. The second-order valence-corrected chi connectivity index (χ2v) is 19.1. The quantitative estimate of drug-likeness (QED) is 0.112. The molecule has 0 saturated heterocycles. The van der Waals surface area contributed by atoms with Gasteiger partial charge in [0.25, 0.3) is 0 Å². The lowest BCUT2D eigenvalue weighted by Gasteiger charge is -2.47. The Balaban J connectivity index is 0.923. The Hall–Kier alpha value is -5.98. The zero-order chi connectivity index (χ0) is 44.1. The van der Waals surface area contributed by atoms with Gasteiger partial charge < -0.3 is 9.47 Å². The van der Waals surface area contributed by atoms with Crippen LogP contribution in [0.3, 0.4) is 0 Å². The van der Waals surface area contributed by atoms with Crippen molar-refractivity contribution in [3.05, 3.63) is 201 Å². The van der Waals surface area contributed by atoms with Crippen LogP contribution in [0.15, 0.2) is 168 Å². The van der Waals surface area contributed by atoms with E-state index in [1.54, 1.807) is 86.6 Å².